The fourth-order valence-corrected chi connectivity index (χ4v) is 2.46. The quantitative estimate of drug-likeness (QED) is 0.835. The molecule has 0 heterocycles. The van der Waals surface area contributed by atoms with E-state index in [1.807, 2.05) is 12.1 Å². The van der Waals surface area contributed by atoms with E-state index in [1.54, 1.807) is 12.1 Å². The van der Waals surface area contributed by atoms with Crippen LogP contribution in [0.5, 0.6) is 0 Å². The van der Waals surface area contributed by atoms with Crippen LogP contribution in [0.2, 0.25) is 0 Å². The lowest BCUT2D eigenvalue weighted by Crippen LogP contribution is -2.43. The molecule has 18 heavy (non-hydrogen) atoms. The molecule has 0 aliphatic heterocycles. The Balaban J connectivity index is 1.70. The topological polar surface area (TPSA) is 15.3 Å². The molecule has 1 aliphatic rings. The van der Waals surface area contributed by atoms with E-state index in [0.29, 0.717) is 12.0 Å². The van der Waals surface area contributed by atoms with Crippen molar-refractivity contribution in [1.29, 1.82) is 0 Å². The van der Waals surface area contributed by atoms with Crippen molar-refractivity contribution in [2.45, 2.75) is 31.7 Å². The van der Waals surface area contributed by atoms with Gasteiger partial charge < -0.3 is 10.2 Å². The number of hydrogen-bond donors (Lipinski definition) is 1. The van der Waals surface area contributed by atoms with Gasteiger partial charge in [-0.25, -0.2) is 4.39 Å². The fourth-order valence-electron chi connectivity index (χ4n) is 2.46. The van der Waals surface area contributed by atoms with Crippen LogP contribution >= 0.6 is 0 Å². The number of benzene rings is 1. The van der Waals surface area contributed by atoms with Gasteiger partial charge in [-0.2, -0.15) is 0 Å². The average Bonchev–Trinajstić information content (AvgIpc) is 2.33. The predicted molar refractivity (Wildman–Crippen MR) is 73.3 cm³/mol. The standard InChI is InChI=1S/C15H23FN2/c1-3-18(2)9-8-17-13-10-12(11-13)14-6-4-5-7-15(14)16/h4-7,12-13,17H,3,8-11H2,1-2H3. The summed E-state index contributed by atoms with van der Waals surface area (Å²) in [5.74, 6) is 0.360. The third-order valence-corrected chi connectivity index (χ3v) is 3.95. The Hall–Kier alpha value is -0.930. The summed E-state index contributed by atoms with van der Waals surface area (Å²) in [5.41, 5.74) is 0.890. The first-order valence-corrected chi connectivity index (χ1v) is 6.87. The second kappa shape index (κ2) is 6.30. The van der Waals surface area contributed by atoms with E-state index in [-0.39, 0.29) is 5.82 Å². The molecule has 1 N–H and O–H groups in total. The zero-order valence-electron chi connectivity index (χ0n) is 11.3. The van der Waals surface area contributed by atoms with E-state index in [1.165, 1.54) is 0 Å². The van der Waals surface area contributed by atoms with Gasteiger partial charge in [-0.05, 0) is 44.0 Å². The Morgan fingerprint density at radius 3 is 2.72 bits per heavy atom. The van der Waals surface area contributed by atoms with Crippen molar-refractivity contribution in [3.63, 3.8) is 0 Å². The van der Waals surface area contributed by atoms with Crippen LogP contribution in [0.1, 0.15) is 31.2 Å². The van der Waals surface area contributed by atoms with E-state index >= 15 is 0 Å². The van der Waals surface area contributed by atoms with Gasteiger partial charge in [0.2, 0.25) is 0 Å². The lowest BCUT2D eigenvalue weighted by atomic mass is 9.75. The van der Waals surface area contributed by atoms with Crippen LogP contribution in [-0.4, -0.2) is 37.6 Å². The summed E-state index contributed by atoms with van der Waals surface area (Å²) in [6.45, 7) is 5.36. The minimum absolute atomic E-state index is 0.0494. The van der Waals surface area contributed by atoms with Crippen LogP contribution in [0.15, 0.2) is 24.3 Å². The fraction of sp³-hybridized carbons (Fsp3) is 0.600. The molecule has 0 radical (unpaired) electrons. The van der Waals surface area contributed by atoms with Gasteiger partial charge in [-0.15, -0.1) is 0 Å². The van der Waals surface area contributed by atoms with Crippen molar-refractivity contribution < 1.29 is 4.39 Å². The number of halogens is 1. The van der Waals surface area contributed by atoms with Crippen molar-refractivity contribution >= 4 is 0 Å². The summed E-state index contributed by atoms with van der Waals surface area (Å²) in [6, 6.07) is 7.73. The molecule has 0 saturated heterocycles. The van der Waals surface area contributed by atoms with Gasteiger partial charge in [0.1, 0.15) is 5.82 Å². The molecule has 3 heteroatoms. The smallest absolute Gasteiger partial charge is 0.126 e. The maximum Gasteiger partial charge on any atom is 0.126 e. The molecule has 1 aromatic rings. The summed E-state index contributed by atoms with van der Waals surface area (Å²) >= 11 is 0. The molecule has 0 bridgehead atoms. The van der Waals surface area contributed by atoms with Crippen molar-refractivity contribution in [3.05, 3.63) is 35.6 Å². The van der Waals surface area contributed by atoms with Crippen molar-refractivity contribution in [2.75, 3.05) is 26.7 Å². The Labute approximate surface area is 109 Å². The third kappa shape index (κ3) is 3.30. The Morgan fingerprint density at radius 2 is 2.06 bits per heavy atom. The molecule has 0 unspecified atom stereocenters. The van der Waals surface area contributed by atoms with Gasteiger partial charge >= 0.3 is 0 Å². The van der Waals surface area contributed by atoms with Crippen LogP contribution in [0.4, 0.5) is 4.39 Å². The first-order chi connectivity index (χ1) is 8.70. The van der Waals surface area contributed by atoms with Crippen molar-refractivity contribution in [1.82, 2.24) is 10.2 Å². The van der Waals surface area contributed by atoms with Crippen LogP contribution in [0.25, 0.3) is 0 Å². The van der Waals surface area contributed by atoms with E-state index in [2.05, 4.69) is 24.2 Å². The molecule has 100 valence electrons. The maximum absolute atomic E-state index is 13.6. The highest BCUT2D eigenvalue weighted by atomic mass is 19.1. The Kier molecular flexibility index (Phi) is 4.72. The summed E-state index contributed by atoms with van der Waals surface area (Å²) < 4.78 is 13.6. The summed E-state index contributed by atoms with van der Waals surface area (Å²) in [5, 5.41) is 3.54. The summed E-state index contributed by atoms with van der Waals surface area (Å²) in [7, 11) is 2.13. The van der Waals surface area contributed by atoms with Crippen LogP contribution in [0.3, 0.4) is 0 Å². The number of hydrogen-bond acceptors (Lipinski definition) is 2. The lowest BCUT2D eigenvalue weighted by Gasteiger charge is -2.36. The molecule has 1 aliphatic carbocycles. The molecule has 0 spiro atoms. The van der Waals surface area contributed by atoms with Gasteiger partial charge in [-0.3, -0.25) is 0 Å². The van der Waals surface area contributed by atoms with Crippen LogP contribution in [0, 0.1) is 5.82 Å². The molecule has 0 amide bonds. The molecule has 2 nitrogen and oxygen atoms in total. The highest BCUT2D eigenvalue weighted by Crippen LogP contribution is 2.37. The van der Waals surface area contributed by atoms with Gasteiger partial charge in [0.15, 0.2) is 0 Å². The molecular weight excluding hydrogens is 227 g/mol. The van der Waals surface area contributed by atoms with Crippen LogP contribution in [-0.2, 0) is 0 Å². The summed E-state index contributed by atoms with van der Waals surface area (Å²) in [4.78, 5) is 2.29. The van der Waals surface area contributed by atoms with Gasteiger partial charge in [0, 0.05) is 19.1 Å². The van der Waals surface area contributed by atoms with Gasteiger partial charge in [0.25, 0.3) is 0 Å². The third-order valence-electron chi connectivity index (χ3n) is 3.95. The first kappa shape index (κ1) is 13.5. The highest BCUT2D eigenvalue weighted by molar-refractivity contribution is 5.24. The first-order valence-electron chi connectivity index (χ1n) is 6.87. The SMILES string of the molecule is CCN(C)CCNC1CC(c2ccccc2F)C1. The second-order valence-corrected chi connectivity index (χ2v) is 5.24. The van der Waals surface area contributed by atoms with E-state index in [9.17, 15) is 4.39 Å². The monoisotopic (exact) mass is 250 g/mol. The minimum atomic E-state index is -0.0494. The molecule has 1 aromatic carbocycles. The highest BCUT2D eigenvalue weighted by Gasteiger charge is 2.31. The molecule has 0 atom stereocenters. The summed E-state index contributed by atoms with van der Waals surface area (Å²) in [6.07, 6.45) is 2.13. The molecule has 2 rings (SSSR count). The lowest BCUT2D eigenvalue weighted by molar-refractivity contribution is 0.266. The molecule has 1 fully saturated rings. The normalized spacial score (nSPS) is 23.1. The minimum Gasteiger partial charge on any atom is -0.313 e. The number of nitrogens with one attached hydrogen (secondary N) is 1. The zero-order chi connectivity index (χ0) is 13.0. The van der Waals surface area contributed by atoms with E-state index < -0.39 is 0 Å². The van der Waals surface area contributed by atoms with Gasteiger partial charge in [-0.1, -0.05) is 25.1 Å². The zero-order valence-corrected chi connectivity index (χ0v) is 11.3. The Bertz CT molecular complexity index is 375. The number of nitrogens with zero attached hydrogens (tertiary/aromatic N) is 1. The molecule has 0 aromatic heterocycles. The molecular formula is C15H23FN2. The van der Waals surface area contributed by atoms with E-state index in [0.717, 1.165) is 38.0 Å². The number of likely N-dealkylation sites (N-methyl/N-ethyl adjacent to an activating group) is 1. The van der Waals surface area contributed by atoms with Crippen LogP contribution < -0.4 is 5.32 Å². The maximum atomic E-state index is 13.6. The van der Waals surface area contributed by atoms with Crippen molar-refractivity contribution in [2.24, 2.45) is 0 Å². The average molecular weight is 250 g/mol. The Morgan fingerprint density at radius 1 is 1.33 bits per heavy atom. The largest absolute Gasteiger partial charge is 0.313 e. The van der Waals surface area contributed by atoms with E-state index in [4.69, 9.17) is 0 Å². The molecule has 1 saturated carbocycles. The predicted octanol–water partition coefficient (Wildman–Crippen LogP) is 2.61. The second-order valence-electron chi connectivity index (χ2n) is 5.24. The van der Waals surface area contributed by atoms with Gasteiger partial charge in [0.05, 0.1) is 0 Å². The van der Waals surface area contributed by atoms with Crippen molar-refractivity contribution in [3.8, 4) is 0 Å². The number of rotatable bonds is 6.